The van der Waals surface area contributed by atoms with Crippen LogP contribution in [0, 0.1) is 23.7 Å². The summed E-state index contributed by atoms with van der Waals surface area (Å²) in [5.41, 5.74) is 3.05. The zero-order chi connectivity index (χ0) is 38.5. The summed E-state index contributed by atoms with van der Waals surface area (Å²) in [7, 11) is -0.642. The molecule has 3 aromatic rings. The van der Waals surface area contributed by atoms with Crippen molar-refractivity contribution in [3.05, 3.63) is 113 Å². The highest BCUT2D eigenvalue weighted by Gasteiger charge is 2.65. The molecule has 54 heavy (non-hydrogen) atoms. The first-order chi connectivity index (χ1) is 26.0. The third kappa shape index (κ3) is 5.66. The van der Waals surface area contributed by atoms with Crippen molar-refractivity contribution in [3.63, 3.8) is 0 Å². The average Bonchev–Trinajstić information content (AvgIpc) is 3.43. The number of carbonyl (C=O) groups excluding carboxylic acids is 4. The number of imide groups is 1. The summed E-state index contributed by atoms with van der Waals surface area (Å²) in [6.07, 6.45) is 5.39. The van der Waals surface area contributed by atoms with Crippen LogP contribution in [0.1, 0.15) is 83.4 Å². The number of rotatable bonds is 11. The molecular formula is C46H53NO6Si. The molecule has 7 nitrogen and oxygen atoms in total. The fraction of sp³-hybridized carbons (Fsp3) is 0.435. The van der Waals surface area contributed by atoms with Crippen LogP contribution in [0.3, 0.4) is 0 Å². The van der Waals surface area contributed by atoms with Crippen LogP contribution in [-0.4, -0.2) is 50.3 Å². The third-order valence-corrected chi connectivity index (χ3v) is 19.0. The largest absolute Gasteiger partial charge is 0.540 e. The molecule has 4 aliphatic rings. The smallest absolute Gasteiger partial charge is 0.256 e. The summed E-state index contributed by atoms with van der Waals surface area (Å²) < 4.78 is 13.3. The van der Waals surface area contributed by atoms with Crippen LogP contribution in [0.2, 0.25) is 17.1 Å². The number of allylic oxidation sites excluding steroid dienone is 4. The Bertz CT molecular complexity index is 2010. The van der Waals surface area contributed by atoms with Crippen molar-refractivity contribution in [2.45, 2.75) is 89.3 Å². The van der Waals surface area contributed by atoms with E-state index in [1.807, 2.05) is 85.8 Å². The van der Waals surface area contributed by atoms with Crippen molar-refractivity contribution >= 4 is 37.3 Å². The van der Waals surface area contributed by atoms with Gasteiger partial charge in [-0.15, -0.1) is 0 Å². The topological polar surface area (TPSA) is 90.0 Å². The second-order valence-electron chi connectivity index (χ2n) is 16.2. The predicted octanol–water partition coefficient (Wildman–Crippen LogP) is 9.09. The standard InChI is InChI=1S/C46H53NO6Si/c1-8-24-54(28(3)4,29(5)6)53-38-23-20-31(25-39(38)52-7)42-33-21-22-34-41(45(51)47(9-2)44(34)50)36(33)26-37-43(49)35(30-16-12-10-13-17-30)27-40(48)46(37,42)32-18-14-11-15-19-32/h10-21,23,25,27-29,34,36-37,41-42H,8-9,22,24,26H2,1-7H3/t34-,36+,37-,41-,42-,46-/m0/s1. The number of ether oxygens (including phenoxy) is 1. The second kappa shape index (κ2) is 14.6. The van der Waals surface area contributed by atoms with Gasteiger partial charge in [-0.05, 0) is 77.7 Å². The van der Waals surface area contributed by atoms with Gasteiger partial charge in [0.05, 0.1) is 24.4 Å². The number of hydrogen-bond donors (Lipinski definition) is 0. The average molecular weight is 744 g/mol. The van der Waals surface area contributed by atoms with Crippen molar-refractivity contribution < 1.29 is 28.3 Å². The Morgan fingerprint density at radius 2 is 1.50 bits per heavy atom. The first-order valence-corrected chi connectivity index (χ1v) is 22.1. The van der Waals surface area contributed by atoms with E-state index in [4.69, 9.17) is 9.16 Å². The maximum Gasteiger partial charge on any atom is 0.256 e. The molecule has 0 bridgehead atoms. The Morgan fingerprint density at radius 1 is 0.833 bits per heavy atom. The molecule has 7 rings (SSSR count). The summed E-state index contributed by atoms with van der Waals surface area (Å²) in [6, 6.07) is 26.1. The van der Waals surface area contributed by atoms with E-state index in [1.54, 1.807) is 13.2 Å². The molecule has 6 atom stereocenters. The van der Waals surface area contributed by atoms with Gasteiger partial charge in [0, 0.05) is 24.0 Å². The lowest BCUT2D eigenvalue weighted by atomic mass is 9.44. The lowest BCUT2D eigenvalue weighted by molar-refractivity contribution is -0.140. The number of Topliss-reactive ketones (excluding diaryl/α,β-unsaturated/α-hetero) is 1. The number of hydrogen-bond acceptors (Lipinski definition) is 6. The number of amides is 2. The number of methoxy groups -OCH3 is 1. The Hall–Kier alpha value is -4.56. The molecule has 1 saturated heterocycles. The van der Waals surface area contributed by atoms with Crippen LogP contribution in [-0.2, 0) is 24.6 Å². The van der Waals surface area contributed by atoms with Gasteiger partial charge in [0.25, 0.3) is 8.32 Å². The molecular weight excluding hydrogens is 691 g/mol. The van der Waals surface area contributed by atoms with Crippen molar-refractivity contribution in [3.8, 4) is 11.5 Å². The highest BCUT2D eigenvalue weighted by molar-refractivity contribution is 6.77. The quantitative estimate of drug-likeness (QED) is 0.111. The van der Waals surface area contributed by atoms with E-state index in [2.05, 4.69) is 40.7 Å². The Kier molecular flexibility index (Phi) is 10.2. The maximum atomic E-state index is 15.4. The van der Waals surface area contributed by atoms with Crippen molar-refractivity contribution in [2.24, 2.45) is 23.7 Å². The molecule has 0 N–H and O–H groups in total. The molecule has 0 radical (unpaired) electrons. The SMILES string of the molecule is CCC[Si](Oc1ccc([C@H]2C3=CC[C@@H]4C(=O)N(CC)C(=O)[C@@H]4[C@@H]3C[C@H]3C(=O)C(c4ccccc4)=CC(=O)[C@@]23c2ccccc2)cc1OC)(C(C)C)C(C)C. The zero-order valence-electron chi connectivity index (χ0n) is 32.6. The van der Waals surface area contributed by atoms with Gasteiger partial charge in [-0.2, -0.15) is 0 Å². The molecule has 1 heterocycles. The molecule has 0 unspecified atom stereocenters. The van der Waals surface area contributed by atoms with E-state index >= 15 is 9.59 Å². The van der Waals surface area contributed by atoms with Crippen molar-refractivity contribution in [2.75, 3.05) is 13.7 Å². The molecule has 1 saturated carbocycles. The molecule has 3 aliphatic carbocycles. The Labute approximate surface area is 320 Å². The lowest BCUT2D eigenvalue weighted by Crippen LogP contribution is -2.58. The number of nitrogens with zero attached hydrogens (tertiary/aromatic N) is 1. The van der Waals surface area contributed by atoms with Crippen LogP contribution >= 0.6 is 0 Å². The summed E-state index contributed by atoms with van der Waals surface area (Å²) >= 11 is 0. The number of carbonyl (C=O) groups is 4. The van der Waals surface area contributed by atoms with E-state index in [-0.39, 0.29) is 29.8 Å². The summed E-state index contributed by atoms with van der Waals surface area (Å²) in [6.45, 7) is 13.4. The minimum absolute atomic E-state index is 0.115. The fourth-order valence-electron chi connectivity index (χ4n) is 10.7. The lowest BCUT2D eigenvalue weighted by Gasteiger charge is -2.55. The van der Waals surface area contributed by atoms with Gasteiger partial charge in [-0.25, -0.2) is 0 Å². The Morgan fingerprint density at radius 3 is 2.11 bits per heavy atom. The highest BCUT2D eigenvalue weighted by atomic mass is 28.4. The van der Waals surface area contributed by atoms with Crippen molar-refractivity contribution in [1.82, 2.24) is 4.90 Å². The third-order valence-electron chi connectivity index (χ3n) is 13.2. The molecule has 0 aromatic heterocycles. The van der Waals surface area contributed by atoms with E-state index in [0.29, 0.717) is 46.7 Å². The number of likely N-dealkylation sites (tertiary alicyclic amines) is 1. The second-order valence-corrected chi connectivity index (χ2v) is 21.2. The van der Waals surface area contributed by atoms with Gasteiger partial charge in [0.15, 0.2) is 17.3 Å². The molecule has 0 spiro atoms. The zero-order valence-corrected chi connectivity index (χ0v) is 33.6. The maximum absolute atomic E-state index is 15.4. The molecule has 2 fully saturated rings. The van der Waals surface area contributed by atoms with Crippen LogP contribution < -0.4 is 9.16 Å². The Balaban J connectivity index is 1.47. The minimum atomic E-state index is -2.29. The molecule has 282 valence electrons. The number of ketones is 2. The van der Waals surface area contributed by atoms with Gasteiger partial charge < -0.3 is 9.16 Å². The van der Waals surface area contributed by atoms with Crippen LogP contribution in [0.5, 0.6) is 11.5 Å². The first-order valence-electron chi connectivity index (χ1n) is 19.8. The first kappa shape index (κ1) is 37.7. The van der Waals surface area contributed by atoms with Crippen molar-refractivity contribution in [1.29, 1.82) is 0 Å². The minimum Gasteiger partial charge on any atom is -0.540 e. The van der Waals surface area contributed by atoms with Gasteiger partial charge in [-0.3, -0.25) is 24.1 Å². The summed E-state index contributed by atoms with van der Waals surface area (Å²) in [5.74, 6) is -2.18. The molecule has 2 amide bonds. The normalized spacial score (nSPS) is 26.7. The van der Waals surface area contributed by atoms with Crippen LogP contribution in [0.15, 0.2) is 96.6 Å². The molecule has 8 heteroatoms. The molecule has 3 aromatic carbocycles. The highest BCUT2D eigenvalue weighted by Crippen LogP contribution is 2.64. The predicted molar refractivity (Wildman–Crippen MR) is 214 cm³/mol. The van der Waals surface area contributed by atoms with Gasteiger partial charge >= 0.3 is 0 Å². The summed E-state index contributed by atoms with van der Waals surface area (Å²) in [4.78, 5) is 59.7. The van der Waals surface area contributed by atoms with Crippen LogP contribution in [0.25, 0.3) is 5.57 Å². The fourth-order valence-corrected chi connectivity index (χ4v) is 15.1. The number of fused-ring (bicyclic) bond motifs is 4. The summed E-state index contributed by atoms with van der Waals surface area (Å²) in [5, 5.41) is 0. The van der Waals surface area contributed by atoms with E-state index in [1.165, 1.54) is 4.90 Å². The molecule has 1 aliphatic heterocycles. The monoisotopic (exact) mass is 743 g/mol. The van der Waals surface area contributed by atoms with E-state index in [9.17, 15) is 9.59 Å². The van der Waals surface area contributed by atoms with E-state index in [0.717, 1.165) is 29.2 Å². The van der Waals surface area contributed by atoms with Gasteiger partial charge in [-0.1, -0.05) is 119 Å². The van der Waals surface area contributed by atoms with E-state index < -0.39 is 43.3 Å². The number of benzene rings is 3. The van der Waals surface area contributed by atoms with Gasteiger partial charge in [0.1, 0.15) is 5.75 Å². The van der Waals surface area contributed by atoms with Crippen LogP contribution in [0.4, 0.5) is 0 Å². The van der Waals surface area contributed by atoms with Gasteiger partial charge in [0.2, 0.25) is 11.8 Å².